The molecule has 2 aromatic heterocycles. The second kappa shape index (κ2) is 6.73. The first kappa shape index (κ1) is 13.3. The van der Waals surface area contributed by atoms with Crippen LogP contribution >= 0.6 is 11.3 Å². The van der Waals surface area contributed by atoms with E-state index in [1.165, 1.54) is 10.4 Å². The molecule has 18 heavy (non-hydrogen) atoms. The van der Waals surface area contributed by atoms with Gasteiger partial charge >= 0.3 is 0 Å². The van der Waals surface area contributed by atoms with Crippen molar-refractivity contribution in [2.24, 2.45) is 0 Å². The predicted molar refractivity (Wildman–Crippen MR) is 73.5 cm³/mol. The molecule has 0 aliphatic carbocycles. The Balaban J connectivity index is 1.80. The second-order valence-electron chi connectivity index (χ2n) is 4.48. The lowest BCUT2D eigenvalue weighted by Crippen LogP contribution is -2.22. The fourth-order valence-electron chi connectivity index (χ4n) is 1.60. The Labute approximate surface area is 112 Å². The Hall–Kier alpha value is -1.10. The molecule has 0 saturated heterocycles. The highest BCUT2D eigenvalue weighted by molar-refractivity contribution is 7.09. The maximum atomic E-state index is 5.66. The van der Waals surface area contributed by atoms with Gasteiger partial charge in [-0.3, -0.25) is 0 Å². The van der Waals surface area contributed by atoms with E-state index in [1.807, 2.05) is 12.1 Å². The van der Waals surface area contributed by atoms with Crippen molar-refractivity contribution in [1.82, 2.24) is 5.32 Å². The van der Waals surface area contributed by atoms with Gasteiger partial charge in [0.2, 0.25) is 0 Å². The van der Waals surface area contributed by atoms with Crippen LogP contribution in [0.15, 0.2) is 34.3 Å². The van der Waals surface area contributed by atoms with Gasteiger partial charge in [-0.2, -0.15) is 0 Å². The zero-order valence-corrected chi connectivity index (χ0v) is 11.6. The minimum absolute atomic E-state index is 0.472. The van der Waals surface area contributed by atoms with E-state index in [0.29, 0.717) is 19.3 Å². The molecule has 0 amide bonds. The molecule has 1 N–H and O–H groups in total. The Morgan fingerprint density at radius 3 is 2.94 bits per heavy atom. The minimum Gasteiger partial charge on any atom is -0.467 e. The number of furan rings is 1. The number of hydrogen-bond donors (Lipinski definition) is 1. The summed E-state index contributed by atoms with van der Waals surface area (Å²) in [4.78, 5) is 1.24. The van der Waals surface area contributed by atoms with Crippen LogP contribution in [0.3, 0.4) is 0 Å². The first-order valence-electron chi connectivity index (χ1n) is 6.14. The van der Waals surface area contributed by atoms with Gasteiger partial charge in [0, 0.05) is 23.0 Å². The van der Waals surface area contributed by atoms with Gasteiger partial charge in [-0.15, -0.1) is 11.3 Å². The third-order valence-corrected chi connectivity index (χ3v) is 3.45. The van der Waals surface area contributed by atoms with Gasteiger partial charge in [-0.1, -0.05) is 19.9 Å². The highest BCUT2D eigenvalue weighted by Gasteiger charge is 2.07. The summed E-state index contributed by atoms with van der Waals surface area (Å²) in [6.07, 6.45) is 1.72. The largest absolute Gasteiger partial charge is 0.467 e. The van der Waals surface area contributed by atoms with E-state index in [9.17, 15) is 0 Å². The quantitative estimate of drug-likeness (QED) is 0.831. The summed E-state index contributed by atoms with van der Waals surface area (Å²) in [5, 5.41) is 5.44. The van der Waals surface area contributed by atoms with Gasteiger partial charge < -0.3 is 14.5 Å². The van der Waals surface area contributed by atoms with Gasteiger partial charge in [0.1, 0.15) is 12.4 Å². The van der Waals surface area contributed by atoms with Gasteiger partial charge in [-0.05, 0) is 17.5 Å². The lowest BCUT2D eigenvalue weighted by Gasteiger charge is -2.08. The molecular weight excluding hydrogens is 246 g/mol. The predicted octanol–water partition coefficient (Wildman–Crippen LogP) is 3.56. The van der Waals surface area contributed by atoms with Crippen LogP contribution in [0.1, 0.15) is 30.0 Å². The molecule has 2 aromatic rings. The summed E-state index contributed by atoms with van der Waals surface area (Å²) in [6.45, 7) is 6.27. The average molecular weight is 265 g/mol. The van der Waals surface area contributed by atoms with Gasteiger partial charge in [-0.25, -0.2) is 0 Å². The molecule has 2 rings (SSSR count). The number of ether oxygens (including phenoxy) is 1. The van der Waals surface area contributed by atoms with Crippen LogP contribution in [0.5, 0.6) is 0 Å². The Morgan fingerprint density at radius 1 is 1.33 bits per heavy atom. The zero-order chi connectivity index (χ0) is 12.8. The zero-order valence-electron chi connectivity index (χ0n) is 10.8. The van der Waals surface area contributed by atoms with Crippen LogP contribution in [0.2, 0.25) is 0 Å². The maximum Gasteiger partial charge on any atom is 0.133 e. The minimum atomic E-state index is 0.472. The molecular formula is C14H19NO2S. The van der Waals surface area contributed by atoms with Crippen molar-refractivity contribution in [3.05, 3.63) is 46.0 Å². The van der Waals surface area contributed by atoms with E-state index in [0.717, 1.165) is 12.3 Å². The Morgan fingerprint density at radius 2 is 2.22 bits per heavy atom. The molecule has 0 saturated carbocycles. The maximum absolute atomic E-state index is 5.66. The van der Waals surface area contributed by atoms with Crippen molar-refractivity contribution in [2.75, 3.05) is 0 Å². The van der Waals surface area contributed by atoms with Crippen molar-refractivity contribution >= 4 is 11.3 Å². The smallest absolute Gasteiger partial charge is 0.133 e. The summed E-state index contributed by atoms with van der Waals surface area (Å²) in [5.74, 6) is 0.916. The average Bonchev–Trinajstić information content (AvgIpc) is 2.97. The van der Waals surface area contributed by atoms with Crippen molar-refractivity contribution in [3.8, 4) is 0 Å². The second-order valence-corrected chi connectivity index (χ2v) is 5.51. The fraction of sp³-hybridized carbons (Fsp3) is 0.429. The summed E-state index contributed by atoms with van der Waals surface area (Å²) in [7, 11) is 0. The third-order valence-electron chi connectivity index (χ3n) is 2.60. The molecule has 98 valence electrons. The number of thiophene rings is 1. The topological polar surface area (TPSA) is 34.4 Å². The molecule has 3 nitrogen and oxygen atoms in total. The summed E-state index contributed by atoms with van der Waals surface area (Å²) < 4.78 is 11.1. The van der Waals surface area contributed by atoms with Crippen molar-refractivity contribution in [2.45, 2.75) is 39.6 Å². The Bertz CT molecular complexity index is 448. The fourth-order valence-corrected chi connectivity index (χ4v) is 2.24. The molecule has 2 heterocycles. The first-order valence-corrected chi connectivity index (χ1v) is 7.02. The molecule has 0 atom stereocenters. The summed E-state index contributed by atoms with van der Waals surface area (Å²) in [5.41, 5.74) is 1.18. The van der Waals surface area contributed by atoms with Gasteiger partial charge in [0.05, 0.1) is 12.9 Å². The van der Waals surface area contributed by atoms with Crippen LogP contribution < -0.4 is 5.32 Å². The molecule has 0 aliphatic heterocycles. The molecule has 0 bridgehead atoms. The molecule has 0 spiro atoms. The number of hydrogen-bond acceptors (Lipinski definition) is 4. The molecule has 0 unspecified atom stereocenters. The monoisotopic (exact) mass is 265 g/mol. The first-order chi connectivity index (χ1) is 8.75. The van der Waals surface area contributed by atoms with Crippen LogP contribution in [0.4, 0.5) is 0 Å². The van der Waals surface area contributed by atoms with Crippen molar-refractivity contribution in [1.29, 1.82) is 0 Å². The van der Waals surface area contributed by atoms with E-state index in [1.54, 1.807) is 17.6 Å². The van der Waals surface area contributed by atoms with E-state index in [2.05, 4.69) is 30.6 Å². The lowest BCUT2D eigenvalue weighted by atomic mass is 10.2. The Kier molecular flexibility index (Phi) is 4.99. The van der Waals surface area contributed by atoms with Crippen LogP contribution in [-0.2, 0) is 24.5 Å². The van der Waals surface area contributed by atoms with Crippen molar-refractivity contribution < 1.29 is 9.15 Å². The van der Waals surface area contributed by atoms with E-state index in [4.69, 9.17) is 9.15 Å². The van der Waals surface area contributed by atoms with Gasteiger partial charge in [0.25, 0.3) is 0 Å². The number of nitrogens with one attached hydrogen (secondary N) is 1. The number of rotatable bonds is 7. The van der Waals surface area contributed by atoms with Gasteiger partial charge in [0.15, 0.2) is 0 Å². The lowest BCUT2D eigenvalue weighted by molar-refractivity contribution is 0.0940. The normalized spacial score (nSPS) is 11.3. The van der Waals surface area contributed by atoms with E-state index in [-0.39, 0.29) is 0 Å². The molecule has 0 radical (unpaired) electrons. The summed E-state index contributed by atoms with van der Waals surface area (Å²) in [6, 6.07) is 6.58. The highest BCUT2D eigenvalue weighted by Crippen LogP contribution is 2.15. The molecule has 0 fully saturated rings. The summed E-state index contributed by atoms with van der Waals surface area (Å²) >= 11 is 1.71. The molecule has 0 aliphatic rings. The molecule has 0 aromatic carbocycles. The van der Waals surface area contributed by atoms with Crippen LogP contribution in [-0.4, -0.2) is 6.04 Å². The van der Waals surface area contributed by atoms with E-state index < -0.39 is 0 Å². The van der Waals surface area contributed by atoms with Crippen LogP contribution in [0.25, 0.3) is 0 Å². The highest BCUT2D eigenvalue weighted by atomic mass is 32.1. The SMILES string of the molecule is CC(C)NCc1ccoc1COCc1cccs1. The van der Waals surface area contributed by atoms with E-state index >= 15 is 0 Å². The third kappa shape index (κ3) is 3.98. The molecule has 4 heteroatoms. The van der Waals surface area contributed by atoms with Crippen molar-refractivity contribution in [3.63, 3.8) is 0 Å². The van der Waals surface area contributed by atoms with Crippen LogP contribution in [0, 0.1) is 0 Å². The standard InChI is InChI=1S/C14H19NO2S/c1-11(2)15-8-12-5-6-17-14(12)10-16-9-13-4-3-7-18-13/h3-7,11,15H,8-10H2,1-2H3.